The number of hydrogen-bond acceptors (Lipinski definition) is 3. The van der Waals surface area contributed by atoms with Crippen LogP contribution < -0.4 is 0 Å². The Hall–Kier alpha value is -2.89. The second-order valence-corrected chi connectivity index (χ2v) is 5.86. The van der Waals surface area contributed by atoms with Crippen molar-refractivity contribution in [3.05, 3.63) is 65.8 Å². The van der Waals surface area contributed by atoms with Gasteiger partial charge in [-0.15, -0.1) is 0 Å². The minimum atomic E-state index is -0.274. The van der Waals surface area contributed by atoms with E-state index in [0.717, 1.165) is 17.1 Å². The molecule has 1 aliphatic rings. The molecule has 3 aromatic rings. The number of amides is 1. The summed E-state index contributed by atoms with van der Waals surface area (Å²) in [6, 6.07) is 9.92. The van der Waals surface area contributed by atoms with Gasteiger partial charge in [-0.3, -0.25) is 4.79 Å². The highest BCUT2D eigenvalue weighted by molar-refractivity contribution is 5.91. The van der Waals surface area contributed by atoms with Crippen LogP contribution in [0.2, 0.25) is 0 Å². The molecule has 1 aromatic carbocycles. The van der Waals surface area contributed by atoms with E-state index in [1.165, 1.54) is 12.1 Å². The molecule has 3 heterocycles. The van der Waals surface area contributed by atoms with E-state index in [0.29, 0.717) is 31.2 Å². The summed E-state index contributed by atoms with van der Waals surface area (Å²) in [5, 5.41) is 0. The van der Waals surface area contributed by atoms with Crippen LogP contribution in [0.15, 0.2) is 47.0 Å². The summed E-state index contributed by atoms with van der Waals surface area (Å²) in [6.45, 7) is 3.40. The molecule has 0 spiro atoms. The highest BCUT2D eigenvalue weighted by atomic mass is 19.1. The molecule has 5 nitrogen and oxygen atoms in total. The fraction of sp³-hybridized carbons (Fsp3) is 0.222. The van der Waals surface area contributed by atoms with Crippen molar-refractivity contribution in [2.75, 3.05) is 6.54 Å². The van der Waals surface area contributed by atoms with Crippen LogP contribution in [0.1, 0.15) is 22.1 Å². The number of hydrogen-bond donors (Lipinski definition) is 0. The molecule has 0 radical (unpaired) electrons. The summed E-state index contributed by atoms with van der Waals surface area (Å²) in [6.07, 6.45) is 1.73. The Morgan fingerprint density at radius 1 is 1.25 bits per heavy atom. The third-order valence-electron chi connectivity index (χ3n) is 4.22. The lowest BCUT2D eigenvalue weighted by Crippen LogP contribution is -2.38. The second kappa shape index (κ2) is 5.63. The first-order chi connectivity index (χ1) is 11.6. The molecule has 0 aliphatic carbocycles. The molecule has 2 aromatic heterocycles. The van der Waals surface area contributed by atoms with Gasteiger partial charge in [-0.25, -0.2) is 9.37 Å². The molecule has 6 heteroatoms. The molecule has 0 saturated heterocycles. The number of aryl methyl sites for hydroxylation is 1. The van der Waals surface area contributed by atoms with Gasteiger partial charge in [-0.2, -0.15) is 0 Å². The van der Waals surface area contributed by atoms with Crippen LogP contribution >= 0.6 is 0 Å². The highest BCUT2D eigenvalue weighted by Crippen LogP contribution is 2.25. The van der Waals surface area contributed by atoms with Crippen LogP contribution in [0.25, 0.3) is 11.3 Å². The molecular weight excluding hydrogens is 309 g/mol. The van der Waals surface area contributed by atoms with E-state index in [1.54, 1.807) is 29.3 Å². The summed E-state index contributed by atoms with van der Waals surface area (Å²) in [5.74, 6) is 1.44. The minimum absolute atomic E-state index is 0.135. The Balaban J connectivity index is 1.60. The van der Waals surface area contributed by atoms with E-state index in [1.807, 2.05) is 17.6 Å². The van der Waals surface area contributed by atoms with Crippen molar-refractivity contribution in [1.29, 1.82) is 0 Å². The molecule has 1 amide bonds. The lowest BCUT2D eigenvalue weighted by molar-refractivity contribution is 0.0674. The third-order valence-corrected chi connectivity index (χ3v) is 4.22. The number of nitrogens with zero attached hydrogens (tertiary/aromatic N) is 3. The van der Waals surface area contributed by atoms with Crippen LogP contribution in [0.3, 0.4) is 0 Å². The Morgan fingerprint density at radius 2 is 2.12 bits per heavy atom. The molecule has 1 aliphatic heterocycles. The molecular formula is C18H16FN3O2. The average molecular weight is 325 g/mol. The minimum Gasteiger partial charge on any atom is -0.456 e. The summed E-state index contributed by atoms with van der Waals surface area (Å²) in [7, 11) is 0. The average Bonchev–Trinajstić information content (AvgIpc) is 3.19. The monoisotopic (exact) mass is 325 g/mol. The number of benzene rings is 1. The number of carbonyl (C=O) groups excluding carboxylic acids is 1. The Bertz CT molecular complexity index is 913. The standard InChI is InChI=1S/C18H16FN3O2/c1-12-5-6-16(24-12)18(23)21-7-8-22-15(10-20-17(22)11-21)13-3-2-4-14(19)9-13/h2-6,9-10H,7-8,11H2,1H3. The molecule has 122 valence electrons. The topological polar surface area (TPSA) is 51.3 Å². The number of rotatable bonds is 2. The van der Waals surface area contributed by atoms with Crippen molar-refractivity contribution < 1.29 is 13.6 Å². The van der Waals surface area contributed by atoms with E-state index >= 15 is 0 Å². The highest BCUT2D eigenvalue weighted by Gasteiger charge is 2.26. The van der Waals surface area contributed by atoms with Crippen LogP contribution in [-0.4, -0.2) is 26.9 Å². The number of aromatic nitrogens is 2. The van der Waals surface area contributed by atoms with Gasteiger partial charge in [0.1, 0.15) is 17.4 Å². The SMILES string of the molecule is Cc1ccc(C(=O)N2CCn3c(-c4cccc(F)c4)cnc3C2)o1. The number of imidazole rings is 1. The van der Waals surface area contributed by atoms with Gasteiger partial charge in [0, 0.05) is 18.7 Å². The zero-order valence-corrected chi connectivity index (χ0v) is 13.2. The van der Waals surface area contributed by atoms with Gasteiger partial charge in [0.15, 0.2) is 5.76 Å². The van der Waals surface area contributed by atoms with Gasteiger partial charge in [0.05, 0.1) is 18.4 Å². The van der Waals surface area contributed by atoms with Gasteiger partial charge in [-0.1, -0.05) is 12.1 Å². The molecule has 0 unspecified atom stereocenters. The first-order valence-corrected chi connectivity index (χ1v) is 7.78. The number of carbonyl (C=O) groups is 1. The molecule has 24 heavy (non-hydrogen) atoms. The lowest BCUT2D eigenvalue weighted by Gasteiger charge is -2.28. The van der Waals surface area contributed by atoms with Crippen molar-refractivity contribution in [2.24, 2.45) is 0 Å². The first kappa shape index (κ1) is 14.7. The maximum Gasteiger partial charge on any atom is 0.290 e. The van der Waals surface area contributed by atoms with E-state index < -0.39 is 0 Å². The maximum absolute atomic E-state index is 13.5. The van der Waals surface area contributed by atoms with E-state index in [-0.39, 0.29) is 11.7 Å². The second-order valence-electron chi connectivity index (χ2n) is 5.86. The van der Waals surface area contributed by atoms with Gasteiger partial charge in [-0.05, 0) is 31.2 Å². The quantitative estimate of drug-likeness (QED) is 0.727. The predicted octanol–water partition coefficient (Wildman–Crippen LogP) is 3.25. The molecule has 0 N–H and O–H groups in total. The maximum atomic E-state index is 13.5. The predicted molar refractivity (Wildman–Crippen MR) is 85.8 cm³/mol. The normalized spacial score (nSPS) is 13.8. The summed E-state index contributed by atoms with van der Waals surface area (Å²) in [4.78, 5) is 18.6. The number of halogens is 1. The molecule has 0 saturated carbocycles. The zero-order chi connectivity index (χ0) is 16.7. The number of fused-ring (bicyclic) bond motifs is 1. The van der Waals surface area contributed by atoms with Gasteiger partial charge in [0.25, 0.3) is 5.91 Å². The Labute approximate surface area is 138 Å². The molecule has 0 atom stereocenters. The smallest absolute Gasteiger partial charge is 0.290 e. The fourth-order valence-electron chi connectivity index (χ4n) is 3.02. The molecule has 0 bridgehead atoms. The first-order valence-electron chi connectivity index (χ1n) is 7.78. The van der Waals surface area contributed by atoms with E-state index in [9.17, 15) is 9.18 Å². The summed E-state index contributed by atoms with van der Waals surface area (Å²) >= 11 is 0. The van der Waals surface area contributed by atoms with Crippen molar-refractivity contribution in [3.63, 3.8) is 0 Å². The lowest BCUT2D eigenvalue weighted by atomic mass is 10.1. The van der Waals surface area contributed by atoms with Crippen LogP contribution in [0.5, 0.6) is 0 Å². The van der Waals surface area contributed by atoms with Crippen molar-refractivity contribution >= 4 is 5.91 Å². The van der Waals surface area contributed by atoms with Crippen molar-refractivity contribution in [3.8, 4) is 11.3 Å². The summed E-state index contributed by atoms with van der Waals surface area (Å²) in [5.41, 5.74) is 1.65. The van der Waals surface area contributed by atoms with Crippen LogP contribution in [0.4, 0.5) is 4.39 Å². The molecule has 4 rings (SSSR count). The van der Waals surface area contributed by atoms with Crippen molar-refractivity contribution in [2.45, 2.75) is 20.0 Å². The Morgan fingerprint density at radius 3 is 2.88 bits per heavy atom. The number of furan rings is 1. The van der Waals surface area contributed by atoms with Gasteiger partial charge < -0.3 is 13.9 Å². The van der Waals surface area contributed by atoms with E-state index in [4.69, 9.17) is 4.42 Å². The largest absolute Gasteiger partial charge is 0.456 e. The summed E-state index contributed by atoms with van der Waals surface area (Å²) < 4.78 is 20.9. The Kier molecular flexibility index (Phi) is 3.45. The van der Waals surface area contributed by atoms with Crippen LogP contribution in [0, 0.1) is 12.7 Å². The fourth-order valence-corrected chi connectivity index (χ4v) is 3.02. The van der Waals surface area contributed by atoms with Crippen LogP contribution in [-0.2, 0) is 13.1 Å². The van der Waals surface area contributed by atoms with Gasteiger partial charge in [0.2, 0.25) is 0 Å². The van der Waals surface area contributed by atoms with Crippen molar-refractivity contribution in [1.82, 2.24) is 14.5 Å². The third kappa shape index (κ3) is 2.50. The van der Waals surface area contributed by atoms with Gasteiger partial charge >= 0.3 is 0 Å². The molecule has 0 fully saturated rings. The van der Waals surface area contributed by atoms with E-state index in [2.05, 4.69) is 4.98 Å². The zero-order valence-electron chi connectivity index (χ0n) is 13.2.